The molecule has 1 aliphatic heterocycles. The number of likely N-dealkylation sites (tertiary alicyclic amines) is 1. The number of aliphatic imine (C=N–C) groups is 1. The molecular formula is C21H31N5. The predicted molar refractivity (Wildman–Crippen MR) is 109 cm³/mol. The highest BCUT2D eigenvalue weighted by atomic mass is 15.2. The van der Waals surface area contributed by atoms with Crippen LogP contribution in [0.15, 0.2) is 29.4 Å². The Kier molecular flexibility index (Phi) is 5.16. The third-order valence-corrected chi connectivity index (χ3v) is 5.77. The average molecular weight is 354 g/mol. The lowest BCUT2D eigenvalue weighted by Crippen LogP contribution is -2.41. The van der Waals surface area contributed by atoms with Crippen LogP contribution in [-0.2, 0) is 6.42 Å². The topological polar surface area (TPSA) is 55.5 Å². The van der Waals surface area contributed by atoms with Crippen LogP contribution in [0.1, 0.15) is 30.4 Å². The van der Waals surface area contributed by atoms with E-state index in [0.717, 1.165) is 37.4 Å². The first kappa shape index (κ1) is 17.4. The van der Waals surface area contributed by atoms with E-state index in [2.05, 4.69) is 56.8 Å². The van der Waals surface area contributed by atoms with Crippen LogP contribution in [0.3, 0.4) is 0 Å². The van der Waals surface area contributed by atoms with Crippen LogP contribution in [0.2, 0.25) is 0 Å². The van der Waals surface area contributed by atoms with Crippen molar-refractivity contribution in [2.75, 3.05) is 33.2 Å². The average Bonchev–Trinajstić information content (AvgIpc) is 3.26. The Labute approximate surface area is 156 Å². The molecule has 0 amide bonds. The van der Waals surface area contributed by atoms with Gasteiger partial charge in [-0.25, -0.2) is 0 Å². The summed E-state index contributed by atoms with van der Waals surface area (Å²) >= 11 is 0. The molecule has 2 aromatic rings. The van der Waals surface area contributed by atoms with Crippen molar-refractivity contribution in [2.45, 2.75) is 38.6 Å². The van der Waals surface area contributed by atoms with Gasteiger partial charge in [-0.15, -0.1) is 0 Å². The van der Waals surface area contributed by atoms with Crippen molar-refractivity contribution in [3.05, 3.63) is 35.5 Å². The number of rotatable bonds is 6. The van der Waals surface area contributed by atoms with Crippen molar-refractivity contribution >= 4 is 16.9 Å². The van der Waals surface area contributed by atoms with Gasteiger partial charge in [-0.05, 0) is 62.3 Å². The highest BCUT2D eigenvalue weighted by Gasteiger charge is 2.34. The fourth-order valence-corrected chi connectivity index (χ4v) is 4.08. The molecule has 1 aliphatic carbocycles. The molecule has 0 bridgehead atoms. The molecule has 4 rings (SSSR count). The normalized spacial score (nSPS) is 21.5. The lowest BCUT2D eigenvalue weighted by Gasteiger charge is -2.17. The molecule has 3 N–H and O–H groups in total. The maximum absolute atomic E-state index is 4.38. The number of hydrogen-bond donors (Lipinski definition) is 3. The quantitative estimate of drug-likeness (QED) is 0.553. The van der Waals surface area contributed by atoms with Gasteiger partial charge in [0.1, 0.15) is 0 Å². The molecule has 1 saturated carbocycles. The van der Waals surface area contributed by atoms with E-state index in [1.807, 2.05) is 7.05 Å². The molecule has 5 nitrogen and oxygen atoms in total. The largest absolute Gasteiger partial charge is 0.361 e. The zero-order valence-corrected chi connectivity index (χ0v) is 16.0. The SMILES string of the molecule is CN=C(NCCc1c[nH]c2cc(C)ccc12)NCC1CCN(C2CC2)C1. The molecular weight excluding hydrogens is 322 g/mol. The summed E-state index contributed by atoms with van der Waals surface area (Å²) < 4.78 is 0. The summed E-state index contributed by atoms with van der Waals surface area (Å²) in [6.45, 7) is 6.58. The molecule has 2 fully saturated rings. The summed E-state index contributed by atoms with van der Waals surface area (Å²) in [5.74, 6) is 1.68. The van der Waals surface area contributed by atoms with E-state index in [4.69, 9.17) is 0 Å². The Morgan fingerprint density at radius 2 is 2.15 bits per heavy atom. The van der Waals surface area contributed by atoms with E-state index < -0.39 is 0 Å². The molecule has 5 heteroatoms. The fourth-order valence-electron chi connectivity index (χ4n) is 4.08. The zero-order chi connectivity index (χ0) is 17.9. The fraction of sp³-hybridized carbons (Fsp3) is 0.571. The number of fused-ring (bicyclic) bond motifs is 1. The van der Waals surface area contributed by atoms with Crippen LogP contribution in [-0.4, -0.2) is 55.1 Å². The van der Waals surface area contributed by atoms with Gasteiger partial charge in [0, 0.05) is 49.8 Å². The Morgan fingerprint density at radius 3 is 2.96 bits per heavy atom. The highest BCUT2D eigenvalue weighted by molar-refractivity contribution is 5.84. The minimum absolute atomic E-state index is 0.756. The van der Waals surface area contributed by atoms with Gasteiger partial charge in [0.05, 0.1) is 0 Å². The van der Waals surface area contributed by atoms with Gasteiger partial charge in [0.25, 0.3) is 0 Å². The summed E-state index contributed by atoms with van der Waals surface area (Å²) in [6.07, 6.45) is 7.26. The number of nitrogens with zero attached hydrogens (tertiary/aromatic N) is 2. The first-order valence-corrected chi connectivity index (χ1v) is 9.98. The van der Waals surface area contributed by atoms with E-state index in [9.17, 15) is 0 Å². The van der Waals surface area contributed by atoms with Crippen molar-refractivity contribution in [3.8, 4) is 0 Å². The second-order valence-corrected chi connectivity index (χ2v) is 7.87. The summed E-state index contributed by atoms with van der Waals surface area (Å²) in [5, 5.41) is 8.31. The van der Waals surface area contributed by atoms with Crippen molar-refractivity contribution in [2.24, 2.45) is 10.9 Å². The van der Waals surface area contributed by atoms with Crippen LogP contribution in [0.25, 0.3) is 10.9 Å². The third kappa shape index (κ3) is 4.04. The van der Waals surface area contributed by atoms with Gasteiger partial charge in [0.2, 0.25) is 0 Å². The van der Waals surface area contributed by atoms with Crippen molar-refractivity contribution in [1.82, 2.24) is 20.5 Å². The number of benzene rings is 1. The Bertz CT molecular complexity index is 774. The van der Waals surface area contributed by atoms with Gasteiger partial charge in [-0.2, -0.15) is 0 Å². The second-order valence-electron chi connectivity index (χ2n) is 7.87. The monoisotopic (exact) mass is 353 g/mol. The third-order valence-electron chi connectivity index (χ3n) is 5.77. The summed E-state index contributed by atoms with van der Waals surface area (Å²) in [5.41, 5.74) is 3.88. The number of aromatic amines is 1. The predicted octanol–water partition coefficient (Wildman–Crippen LogP) is 2.67. The standard InChI is InChI=1S/C21H31N5/c1-15-3-6-19-17(13-24-20(19)11-15)7-9-23-21(22-2)25-12-16-8-10-26(14-16)18-4-5-18/h3,6,11,13,16,18,24H,4-5,7-10,12,14H2,1-2H3,(H2,22,23,25). The maximum atomic E-state index is 4.38. The van der Waals surface area contributed by atoms with Gasteiger partial charge in [-0.3, -0.25) is 4.99 Å². The first-order valence-electron chi connectivity index (χ1n) is 9.98. The van der Waals surface area contributed by atoms with E-state index in [0.29, 0.717) is 0 Å². The van der Waals surface area contributed by atoms with E-state index in [1.54, 1.807) is 0 Å². The summed E-state index contributed by atoms with van der Waals surface area (Å²) in [6, 6.07) is 7.51. The Balaban J connectivity index is 1.22. The molecule has 2 aliphatic rings. The second kappa shape index (κ2) is 7.70. The lowest BCUT2D eigenvalue weighted by molar-refractivity contribution is 0.314. The van der Waals surface area contributed by atoms with Crippen molar-refractivity contribution in [1.29, 1.82) is 0 Å². The number of hydrogen-bond acceptors (Lipinski definition) is 2. The van der Waals surface area contributed by atoms with Crippen LogP contribution < -0.4 is 10.6 Å². The van der Waals surface area contributed by atoms with Gasteiger partial charge >= 0.3 is 0 Å². The number of aryl methyl sites for hydroxylation is 1. The zero-order valence-electron chi connectivity index (χ0n) is 16.0. The number of nitrogens with one attached hydrogen (secondary N) is 3. The lowest BCUT2D eigenvalue weighted by atomic mass is 10.1. The minimum Gasteiger partial charge on any atom is -0.361 e. The molecule has 1 atom stereocenters. The van der Waals surface area contributed by atoms with E-state index >= 15 is 0 Å². The van der Waals surface area contributed by atoms with E-state index in [1.165, 1.54) is 54.4 Å². The van der Waals surface area contributed by atoms with Gasteiger partial charge in [-0.1, -0.05) is 12.1 Å². The molecule has 1 saturated heterocycles. The van der Waals surface area contributed by atoms with Crippen LogP contribution in [0.5, 0.6) is 0 Å². The van der Waals surface area contributed by atoms with Crippen molar-refractivity contribution < 1.29 is 0 Å². The molecule has 2 heterocycles. The number of H-pyrrole nitrogens is 1. The maximum Gasteiger partial charge on any atom is 0.190 e. The Hall–Kier alpha value is -2.01. The van der Waals surface area contributed by atoms with Crippen molar-refractivity contribution in [3.63, 3.8) is 0 Å². The first-order chi connectivity index (χ1) is 12.7. The van der Waals surface area contributed by atoms with Gasteiger partial charge < -0.3 is 20.5 Å². The van der Waals surface area contributed by atoms with Crippen LogP contribution >= 0.6 is 0 Å². The molecule has 1 aromatic carbocycles. The summed E-state index contributed by atoms with van der Waals surface area (Å²) in [4.78, 5) is 10.4. The Morgan fingerprint density at radius 1 is 1.27 bits per heavy atom. The summed E-state index contributed by atoms with van der Waals surface area (Å²) in [7, 11) is 1.86. The van der Waals surface area contributed by atoms with E-state index in [-0.39, 0.29) is 0 Å². The number of aromatic nitrogens is 1. The molecule has 140 valence electrons. The molecule has 1 unspecified atom stereocenters. The highest BCUT2D eigenvalue weighted by Crippen LogP contribution is 2.31. The number of guanidine groups is 1. The molecule has 0 spiro atoms. The molecule has 0 radical (unpaired) electrons. The minimum atomic E-state index is 0.756. The molecule has 26 heavy (non-hydrogen) atoms. The van der Waals surface area contributed by atoms with Crippen LogP contribution in [0.4, 0.5) is 0 Å². The smallest absolute Gasteiger partial charge is 0.190 e. The van der Waals surface area contributed by atoms with Gasteiger partial charge in [0.15, 0.2) is 5.96 Å². The molecule has 1 aromatic heterocycles. The van der Waals surface area contributed by atoms with Crippen LogP contribution in [0, 0.1) is 12.8 Å².